The maximum absolute atomic E-state index is 9.64. The summed E-state index contributed by atoms with van der Waals surface area (Å²) in [4.78, 5) is 0. The molecule has 0 bridgehead atoms. The number of hydrogen-bond donors (Lipinski definition) is 2. The second-order valence-electron chi connectivity index (χ2n) is 5.06. The first-order valence-electron chi connectivity index (χ1n) is 7.35. The molecule has 0 amide bonds. The van der Waals surface area contributed by atoms with Gasteiger partial charge in [-0.3, -0.25) is 0 Å². The normalized spacial score (nSPS) is 10.6. The lowest BCUT2D eigenvalue weighted by atomic mass is 9.76. The third-order valence-corrected chi connectivity index (χ3v) is 3.50. The standard InChI is InChI=1S/C17H21BO3/c1-2-3-4-5-8-13-21-16-12-11-14-9-6-7-10-15(14)17(16)18(19)20/h2,6-7,9-12,19-20H,1,3-5,8,13H2. The smallest absolute Gasteiger partial charge is 0.492 e. The van der Waals surface area contributed by atoms with Gasteiger partial charge in [0.1, 0.15) is 5.75 Å². The second kappa shape index (κ2) is 7.86. The molecular formula is C17H21BO3. The Morgan fingerprint density at radius 1 is 1.05 bits per heavy atom. The summed E-state index contributed by atoms with van der Waals surface area (Å²) in [7, 11) is -1.54. The second-order valence-corrected chi connectivity index (χ2v) is 5.06. The molecule has 0 saturated heterocycles. The fraction of sp³-hybridized carbons (Fsp3) is 0.294. The van der Waals surface area contributed by atoms with Gasteiger partial charge in [-0.2, -0.15) is 0 Å². The van der Waals surface area contributed by atoms with Crippen LogP contribution >= 0.6 is 0 Å². The Labute approximate surface area is 126 Å². The summed E-state index contributed by atoms with van der Waals surface area (Å²) >= 11 is 0. The molecule has 0 heterocycles. The van der Waals surface area contributed by atoms with E-state index in [1.54, 1.807) is 6.07 Å². The van der Waals surface area contributed by atoms with E-state index >= 15 is 0 Å². The molecule has 0 spiro atoms. The summed E-state index contributed by atoms with van der Waals surface area (Å²) in [5, 5.41) is 21.1. The van der Waals surface area contributed by atoms with Crippen molar-refractivity contribution >= 4 is 23.4 Å². The molecule has 2 N–H and O–H groups in total. The van der Waals surface area contributed by atoms with E-state index in [1.165, 1.54) is 0 Å². The molecule has 110 valence electrons. The summed E-state index contributed by atoms with van der Waals surface area (Å²) in [5.74, 6) is 0.549. The van der Waals surface area contributed by atoms with Crippen LogP contribution in [0.2, 0.25) is 0 Å². The lowest BCUT2D eigenvalue weighted by Gasteiger charge is -2.13. The van der Waals surface area contributed by atoms with Crippen molar-refractivity contribution in [3.05, 3.63) is 49.1 Å². The van der Waals surface area contributed by atoms with E-state index in [1.807, 2.05) is 36.4 Å². The first kappa shape index (κ1) is 15.6. The molecule has 0 aliphatic carbocycles. The minimum atomic E-state index is -1.54. The van der Waals surface area contributed by atoms with Gasteiger partial charge in [-0.25, -0.2) is 0 Å². The highest BCUT2D eigenvalue weighted by molar-refractivity contribution is 6.63. The van der Waals surface area contributed by atoms with Crippen molar-refractivity contribution in [3.63, 3.8) is 0 Å². The van der Waals surface area contributed by atoms with E-state index in [0.29, 0.717) is 17.8 Å². The highest BCUT2D eigenvalue weighted by Crippen LogP contribution is 2.19. The molecule has 0 fully saturated rings. The largest absolute Gasteiger partial charge is 0.494 e. The van der Waals surface area contributed by atoms with Gasteiger partial charge in [0.2, 0.25) is 0 Å². The van der Waals surface area contributed by atoms with Crippen LogP contribution < -0.4 is 10.2 Å². The minimum absolute atomic E-state index is 0.444. The minimum Gasteiger partial charge on any atom is -0.494 e. The van der Waals surface area contributed by atoms with Gasteiger partial charge in [0.05, 0.1) is 6.61 Å². The molecule has 3 nitrogen and oxygen atoms in total. The van der Waals surface area contributed by atoms with E-state index in [4.69, 9.17) is 4.74 Å². The van der Waals surface area contributed by atoms with Crippen LogP contribution in [0, 0.1) is 0 Å². The van der Waals surface area contributed by atoms with Crippen molar-refractivity contribution in [3.8, 4) is 5.75 Å². The molecular weight excluding hydrogens is 263 g/mol. The van der Waals surface area contributed by atoms with Gasteiger partial charge in [0, 0.05) is 5.46 Å². The van der Waals surface area contributed by atoms with Gasteiger partial charge in [-0.15, -0.1) is 6.58 Å². The topological polar surface area (TPSA) is 49.7 Å². The van der Waals surface area contributed by atoms with E-state index in [2.05, 4.69) is 6.58 Å². The Hall–Kier alpha value is -1.78. The van der Waals surface area contributed by atoms with Crippen LogP contribution in [0.5, 0.6) is 5.75 Å². The number of hydrogen-bond acceptors (Lipinski definition) is 3. The molecule has 0 unspecified atom stereocenters. The van der Waals surface area contributed by atoms with Crippen LogP contribution in [0.25, 0.3) is 10.8 Å². The number of unbranched alkanes of at least 4 members (excludes halogenated alkanes) is 3. The lowest BCUT2D eigenvalue weighted by Crippen LogP contribution is -2.32. The molecule has 0 radical (unpaired) electrons. The molecule has 2 aromatic carbocycles. The van der Waals surface area contributed by atoms with Gasteiger partial charge < -0.3 is 14.8 Å². The van der Waals surface area contributed by atoms with Crippen LogP contribution in [-0.2, 0) is 0 Å². The predicted octanol–water partition coefficient (Wildman–Crippen LogP) is 2.64. The zero-order valence-corrected chi connectivity index (χ0v) is 12.2. The van der Waals surface area contributed by atoms with Crippen LogP contribution in [-0.4, -0.2) is 23.8 Å². The van der Waals surface area contributed by atoms with Crippen molar-refractivity contribution in [1.29, 1.82) is 0 Å². The molecule has 2 aromatic rings. The summed E-state index contributed by atoms with van der Waals surface area (Å²) < 4.78 is 5.74. The van der Waals surface area contributed by atoms with E-state index in [0.717, 1.165) is 36.5 Å². The molecule has 0 aromatic heterocycles. The van der Waals surface area contributed by atoms with E-state index in [9.17, 15) is 10.0 Å². The number of fused-ring (bicyclic) bond motifs is 1. The van der Waals surface area contributed by atoms with Crippen molar-refractivity contribution in [2.24, 2.45) is 0 Å². The van der Waals surface area contributed by atoms with Crippen molar-refractivity contribution in [1.82, 2.24) is 0 Å². The summed E-state index contributed by atoms with van der Waals surface area (Å²) in [6.45, 7) is 4.28. The summed E-state index contributed by atoms with van der Waals surface area (Å²) in [6.07, 6.45) is 6.08. The average molecular weight is 284 g/mol. The SMILES string of the molecule is C=CCCCCCOc1ccc2ccccc2c1B(O)O. The van der Waals surface area contributed by atoms with Gasteiger partial charge in [0.15, 0.2) is 0 Å². The van der Waals surface area contributed by atoms with Gasteiger partial charge >= 0.3 is 7.12 Å². The maximum Gasteiger partial charge on any atom is 0.492 e. The molecule has 21 heavy (non-hydrogen) atoms. The highest BCUT2D eigenvalue weighted by Gasteiger charge is 2.20. The van der Waals surface area contributed by atoms with E-state index < -0.39 is 7.12 Å². The molecule has 0 atom stereocenters. The average Bonchev–Trinajstić information content (AvgIpc) is 2.50. The van der Waals surface area contributed by atoms with Gasteiger partial charge in [-0.05, 0) is 42.5 Å². The maximum atomic E-state index is 9.64. The zero-order chi connectivity index (χ0) is 15.1. The molecule has 2 rings (SSSR count). The van der Waals surface area contributed by atoms with Gasteiger partial charge in [-0.1, -0.05) is 36.4 Å². The number of benzene rings is 2. The fourth-order valence-electron chi connectivity index (χ4n) is 2.42. The monoisotopic (exact) mass is 284 g/mol. The Morgan fingerprint density at radius 2 is 1.86 bits per heavy atom. The summed E-state index contributed by atoms with van der Waals surface area (Å²) in [6, 6.07) is 11.4. The molecule has 0 aliphatic rings. The third kappa shape index (κ3) is 4.10. The first-order valence-corrected chi connectivity index (χ1v) is 7.35. The van der Waals surface area contributed by atoms with Crippen molar-refractivity contribution in [2.75, 3.05) is 6.61 Å². The Bertz CT molecular complexity index is 596. The molecule has 4 heteroatoms. The Kier molecular flexibility index (Phi) is 5.84. The predicted molar refractivity (Wildman–Crippen MR) is 87.9 cm³/mol. The number of ether oxygens (including phenoxy) is 1. The highest BCUT2D eigenvalue weighted by atomic mass is 16.5. The Balaban J connectivity index is 2.08. The van der Waals surface area contributed by atoms with Gasteiger partial charge in [0.25, 0.3) is 0 Å². The summed E-state index contributed by atoms with van der Waals surface area (Å²) in [5.41, 5.74) is 0.444. The molecule has 0 aliphatic heterocycles. The van der Waals surface area contributed by atoms with Crippen LogP contribution in [0.3, 0.4) is 0 Å². The number of rotatable bonds is 8. The van der Waals surface area contributed by atoms with Crippen molar-refractivity contribution < 1.29 is 14.8 Å². The van der Waals surface area contributed by atoms with Crippen molar-refractivity contribution in [2.45, 2.75) is 25.7 Å². The molecule has 0 saturated carbocycles. The third-order valence-electron chi connectivity index (χ3n) is 3.50. The lowest BCUT2D eigenvalue weighted by molar-refractivity contribution is 0.306. The number of allylic oxidation sites excluding steroid dienone is 1. The fourth-order valence-corrected chi connectivity index (χ4v) is 2.42. The van der Waals surface area contributed by atoms with E-state index in [-0.39, 0.29) is 0 Å². The van der Waals surface area contributed by atoms with Crippen LogP contribution in [0.4, 0.5) is 0 Å². The Morgan fingerprint density at radius 3 is 2.62 bits per heavy atom. The van der Waals surface area contributed by atoms with Crippen LogP contribution in [0.1, 0.15) is 25.7 Å². The van der Waals surface area contributed by atoms with Crippen LogP contribution in [0.15, 0.2) is 49.1 Å². The quantitative estimate of drug-likeness (QED) is 0.445. The zero-order valence-electron chi connectivity index (χ0n) is 12.2. The first-order chi connectivity index (χ1) is 10.2.